The molecule has 1 fully saturated rings. The van der Waals surface area contributed by atoms with Crippen LogP contribution < -0.4 is 5.32 Å². The second kappa shape index (κ2) is 8.96. The molecule has 1 aliphatic heterocycles. The van der Waals surface area contributed by atoms with Crippen LogP contribution in [0.3, 0.4) is 0 Å². The summed E-state index contributed by atoms with van der Waals surface area (Å²) >= 11 is 6.14. The summed E-state index contributed by atoms with van der Waals surface area (Å²) in [6.07, 6.45) is 2.02. The molecule has 2 aromatic rings. The Bertz CT molecular complexity index is 810. The van der Waals surface area contributed by atoms with E-state index in [1.807, 2.05) is 18.2 Å². The highest BCUT2D eigenvalue weighted by atomic mass is 35.5. The van der Waals surface area contributed by atoms with Gasteiger partial charge in [0, 0.05) is 44.1 Å². The maximum Gasteiger partial charge on any atom is 0.273 e. The van der Waals surface area contributed by atoms with Crippen LogP contribution in [0.2, 0.25) is 5.02 Å². The summed E-state index contributed by atoms with van der Waals surface area (Å²) in [5.41, 5.74) is 1.14. The molecule has 27 heavy (non-hydrogen) atoms. The number of nitrogens with zero attached hydrogens (tertiary/aromatic N) is 4. The molecule has 1 saturated heterocycles. The lowest BCUT2D eigenvalue weighted by Crippen LogP contribution is -2.32. The van der Waals surface area contributed by atoms with Crippen molar-refractivity contribution >= 4 is 23.4 Å². The lowest BCUT2D eigenvalue weighted by atomic mass is 10.1. The van der Waals surface area contributed by atoms with Gasteiger partial charge in [0.1, 0.15) is 0 Å². The Morgan fingerprint density at radius 3 is 3.00 bits per heavy atom. The summed E-state index contributed by atoms with van der Waals surface area (Å²) in [7, 11) is 1.61. The SMILES string of the molecule is COCCN1CC(CNC(=O)c2cn(Cc3ccccc3Cl)nn2)CC1=O. The Kier molecular flexibility index (Phi) is 6.41. The predicted molar refractivity (Wildman–Crippen MR) is 99.5 cm³/mol. The van der Waals surface area contributed by atoms with Crippen molar-refractivity contribution in [2.24, 2.45) is 5.92 Å². The van der Waals surface area contributed by atoms with Crippen molar-refractivity contribution in [3.63, 3.8) is 0 Å². The number of rotatable bonds is 8. The van der Waals surface area contributed by atoms with Crippen molar-refractivity contribution in [3.8, 4) is 0 Å². The number of hydrogen-bond donors (Lipinski definition) is 1. The minimum Gasteiger partial charge on any atom is -0.383 e. The van der Waals surface area contributed by atoms with Gasteiger partial charge in [-0.1, -0.05) is 35.0 Å². The molecule has 9 heteroatoms. The van der Waals surface area contributed by atoms with Gasteiger partial charge in [-0.25, -0.2) is 4.68 Å². The number of benzene rings is 1. The Morgan fingerprint density at radius 2 is 2.22 bits per heavy atom. The third-order valence-corrected chi connectivity index (χ3v) is 4.84. The molecule has 0 spiro atoms. The van der Waals surface area contributed by atoms with Gasteiger partial charge in [0.05, 0.1) is 19.3 Å². The van der Waals surface area contributed by atoms with Gasteiger partial charge in [0.25, 0.3) is 5.91 Å². The highest BCUT2D eigenvalue weighted by Crippen LogP contribution is 2.17. The lowest BCUT2D eigenvalue weighted by Gasteiger charge is -2.15. The van der Waals surface area contributed by atoms with Crippen LogP contribution in [0.15, 0.2) is 30.5 Å². The molecule has 8 nitrogen and oxygen atoms in total. The molecule has 0 radical (unpaired) electrons. The second-order valence-electron chi connectivity index (χ2n) is 6.51. The molecular weight excluding hydrogens is 370 g/mol. The van der Waals surface area contributed by atoms with Crippen molar-refractivity contribution in [3.05, 3.63) is 46.7 Å². The van der Waals surface area contributed by atoms with Crippen LogP contribution in [0.1, 0.15) is 22.5 Å². The maximum atomic E-state index is 12.3. The smallest absolute Gasteiger partial charge is 0.273 e. The zero-order chi connectivity index (χ0) is 19.2. The molecule has 1 aromatic heterocycles. The fraction of sp³-hybridized carbons (Fsp3) is 0.444. The molecule has 0 saturated carbocycles. The molecule has 1 N–H and O–H groups in total. The molecule has 2 amide bonds. The summed E-state index contributed by atoms with van der Waals surface area (Å²) < 4.78 is 6.58. The maximum absolute atomic E-state index is 12.3. The number of likely N-dealkylation sites (tertiary alicyclic amines) is 1. The van der Waals surface area contributed by atoms with Crippen LogP contribution in [0, 0.1) is 5.92 Å². The number of nitrogens with one attached hydrogen (secondary N) is 1. The van der Waals surface area contributed by atoms with Gasteiger partial charge in [-0.15, -0.1) is 5.10 Å². The number of ether oxygens (including phenoxy) is 1. The molecule has 0 aliphatic carbocycles. The van der Waals surface area contributed by atoms with Crippen molar-refractivity contribution < 1.29 is 14.3 Å². The first-order valence-electron chi connectivity index (χ1n) is 8.75. The van der Waals surface area contributed by atoms with E-state index in [4.69, 9.17) is 16.3 Å². The van der Waals surface area contributed by atoms with E-state index in [0.29, 0.717) is 44.2 Å². The number of hydrogen-bond acceptors (Lipinski definition) is 5. The third-order valence-electron chi connectivity index (χ3n) is 4.47. The molecule has 1 unspecified atom stereocenters. The Balaban J connectivity index is 1.50. The van der Waals surface area contributed by atoms with E-state index < -0.39 is 0 Å². The number of carbonyl (C=O) groups excluding carboxylic acids is 2. The van der Waals surface area contributed by atoms with Gasteiger partial charge >= 0.3 is 0 Å². The molecule has 1 aromatic carbocycles. The summed E-state index contributed by atoms with van der Waals surface area (Å²) in [5.74, 6) is -0.114. The zero-order valence-electron chi connectivity index (χ0n) is 15.1. The summed E-state index contributed by atoms with van der Waals surface area (Å²) in [5, 5.41) is 11.4. The normalized spacial score (nSPS) is 16.7. The Hall–Kier alpha value is -2.45. The van der Waals surface area contributed by atoms with Crippen LogP contribution in [0.5, 0.6) is 0 Å². The van der Waals surface area contributed by atoms with Gasteiger partial charge in [-0.2, -0.15) is 0 Å². The van der Waals surface area contributed by atoms with E-state index in [9.17, 15) is 9.59 Å². The van der Waals surface area contributed by atoms with E-state index in [1.165, 1.54) is 0 Å². The van der Waals surface area contributed by atoms with Gasteiger partial charge in [-0.05, 0) is 11.6 Å². The fourth-order valence-electron chi connectivity index (χ4n) is 3.02. The van der Waals surface area contributed by atoms with Crippen LogP contribution in [0.25, 0.3) is 0 Å². The first-order valence-corrected chi connectivity index (χ1v) is 9.13. The summed E-state index contributed by atoms with van der Waals surface area (Å²) in [4.78, 5) is 26.0. The molecule has 144 valence electrons. The first-order chi connectivity index (χ1) is 13.1. The highest BCUT2D eigenvalue weighted by molar-refractivity contribution is 6.31. The molecule has 2 heterocycles. The van der Waals surface area contributed by atoms with Crippen molar-refractivity contribution in [2.75, 3.05) is 33.4 Å². The quantitative estimate of drug-likeness (QED) is 0.730. The number of amides is 2. The topological polar surface area (TPSA) is 89.3 Å². The number of methoxy groups -OCH3 is 1. The van der Waals surface area contributed by atoms with Crippen LogP contribution in [-0.4, -0.2) is 65.1 Å². The van der Waals surface area contributed by atoms with E-state index in [1.54, 1.807) is 29.0 Å². The predicted octanol–water partition coefficient (Wildman–Crippen LogP) is 1.20. The van der Waals surface area contributed by atoms with Gasteiger partial charge in [0.15, 0.2) is 5.69 Å². The second-order valence-corrected chi connectivity index (χ2v) is 6.91. The standard InChI is InChI=1S/C18H22ClN5O3/c1-27-7-6-23-10-13(8-17(23)25)9-20-18(26)16-12-24(22-21-16)11-14-4-2-3-5-15(14)19/h2-5,12-13H,6-11H2,1H3,(H,20,26). The minimum absolute atomic E-state index is 0.0940. The molecule has 1 aliphatic rings. The third kappa shape index (κ3) is 5.05. The van der Waals surface area contributed by atoms with Crippen LogP contribution in [0.4, 0.5) is 0 Å². The number of halogens is 1. The van der Waals surface area contributed by atoms with E-state index in [-0.39, 0.29) is 23.4 Å². The number of aromatic nitrogens is 3. The van der Waals surface area contributed by atoms with Crippen molar-refractivity contribution in [1.29, 1.82) is 0 Å². The van der Waals surface area contributed by atoms with Crippen LogP contribution in [-0.2, 0) is 16.1 Å². The summed E-state index contributed by atoms with van der Waals surface area (Å²) in [6.45, 7) is 2.58. The van der Waals surface area contributed by atoms with Gasteiger partial charge in [-0.3, -0.25) is 9.59 Å². The first kappa shape index (κ1) is 19.3. The van der Waals surface area contributed by atoms with Gasteiger partial charge < -0.3 is 15.0 Å². The van der Waals surface area contributed by atoms with Crippen LogP contribution >= 0.6 is 11.6 Å². The highest BCUT2D eigenvalue weighted by Gasteiger charge is 2.29. The monoisotopic (exact) mass is 391 g/mol. The van der Waals surface area contributed by atoms with Crippen molar-refractivity contribution in [2.45, 2.75) is 13.0 Å². The lowest BCUT2D eigenvalue weighted by molar-refractivity contribution is -0.128. The Labute approximate surface area is 162 Å². The van der Waals surface area contributed by atoms with E-state index in [2.05, 4.69) is 15.6 Å². The summed E-state index contributed by atoms with van der Waals surface area (Å²) in [6, 6.07) is 7.46. The molecule has 3 rings (SSSR count). The average molecular weight is 392 g/mol. The van der Waals surface area contributed by atoms with E-state index >= 15 is 0 Å². The van der Waals surface area contributed by atoms with Crippen molar-refractivity contribution in [1.82, 2.24) is 25.2 Å². The minimum atomic E-state index is -0.303. The Morgan fingerprint density at radius 1 is 1.41 bits per heavy atom. The molecule has 1 atom stereocenters. The fourth-order valence-corrected chi connectivity index (χ4v) is 3.21. The molecular formula is C18H22ClN5O3. The van der Waals surface area contributed by atoms with Gasteiger partial charge in [0.2, 0.25) is 5.91 Å². The largest absolute Gasteiger partial charge is 0.383 e. The average Bonchev–Trinajstić information content (AvgIpc) is 3.26. The van der Waals surface area contributed by atoms with E-state index in [0.717, 1.165) is 5.56 Å². The number of carbonyl (C=O) groups is 2. The molecule has 0 bridgehead atoms. The zero-order valence-corrected chi connectivity index (χ0v) is 15.9.